The van der Waals surface area contributed by atoms with Crippen LogP contribution in [0.5, 0.6) is 5.75 Å². The van der Waals surface area contributed by atoms with Gasteiger partial charge >= 0.3 is 0 Å². The fourth-order valence-electron chi connectivity index (χ4n) is 1.91. The highest BCUT2D eigenvalue weighted by Crippen LogP contribution is 2.17. The van der Waals surface area contributed by atoms with Crippen LogP contribution in [0.1, 0.15) is 19.4 Å². The van der Waals surface area contributed by atoms with Crippen molar-refractivity contribution < 1.29 is 4.74 Å². The molecule has 0 aromatic heterocycles. The van der Waals surface area contributed by atoms with E-state index in [9.17, 15) is 0 Å². The molecule has 0 bridgehead atoms. The third kappa shape index (κ3) is 5.33. The molecule has 0 heterocycles. The Morgan fingerprint density at radius 2 is 1.87 bits per heavy atom. The van der Waals surface area contributed by atoms with Crippen molar-refractivity contribution in [3.63, 3.8) is 0 Å². The average Bonchev–Trinajstić information content (AvgIpc) is 2.55. The first-order valence-electron chi connectivity index (χ1n) is 7.19. The Labute approximate surface area is 150 Å². The van der Waals surface area contributed by atoms with E-state index in [2.05, 4.69) is 31.8 Å². The molecule has 0 saturated carbocycles. The third-order valence-corrected chi connectivity index (χ3v) is 3.90. The number of rotatable bonds is 5. The van der Waals surface area contributed by atoms with Gasteiger partial charge in [0.2, 0.25) is 0 Å². The molecule has 2 aromatic rings. The normalized spacial score (nSPS) is 11.0. The number of anilines is 1. The maximum atomic E-state index is 5.40. The fourth-order valence-corrected chi connectivity index (χ4v) is 2.64. The molecule has 2 rings (SSSR count). The number of hydrazone groups is 1. The number of halogens is 1. The summed E-state index contributed by atoms with van der Waals surface area (Å²) in [6, 6.07) is 15.5. The summed E-state index contributed by atoms with van der Waals surface area (Å²) in [6.07, 6.45) is 0. The lowest BCUT2D eigenvalue weighted by atomic mass is 10.1. The molecule has 0 aliphatic carbocycles. The van der Waals surface area contributed by atoms with E-state index < -0.39 is 0 Å². The van der Waals surface area contributed by atoms with E-state index in [0.717, 1.165) is 27.2 Å². The third-order valence-electron chi connectivity index (χ3n) is 3.01. The zero-order valence-corrected chi connectivity index (χ0v) is 15.4. The Balaban J connectivity index is 1.94. The second kappa shape index (κ2) is 8.64. The van der Waals surface area contributed by atoms with Gasteiger partial charge in [0, 0.05) is 15.7 Å². The second-order valence-electron chi connectivity index (χ2n) is 4.70. The maximum Gasteiger partial charge on any atom is 0.191 e. The second-order valence-corrected chi connectivity index (χ2v) is 5.96. The van der Waals surface area contributed by atoms with Gasteiger partial charge < -0.3 is 10.1 Å². The van der Waals surface area contributed by atoms with Crippen LogP contribution in [-0.2, 0) is 0 Å². The smallest absolute Gasteiger partial charge is 0.191 e. The van der Waals surface area contributed by atoms with Gasteiger partial charge in [-0.05, 0) is 56.4 Å². The van der Waals surface area contributed by atoms with Gasteiger partial charge in [-0.2, -0.15) is 5.10 Å². The van der Waals surface area contributed by atoms with Crippen molar-refractivity contribution in [2.24, 2.45) is 5.10 Å². The summed E-state index contributed by atoms with van der Waals surface area (Å²) in [4.78, 5) is 0. The van der Waals surface area contributed by atoms with Gasteiger partial charge in [-0.15, -0.1) is 0 Å². The van der Waals surface area contributed by atoms with E-state index in [1.54, 1.807) is 0 Å². The number of hydrogen-bond acceptors (Lipinski definition) is 3. The van der Waals surface area contributed by atoms with Crippen LogP contribution < -0.4 is 15.5 Å². The van der Waals surface area contributed by atoms with E-state index in [0.29, 0.717) is 11.7 Å². The summed E-state index contributed by atoms with van der Waals surface area (Å²) >= 11 is 8.76. The van der Waals surface area contributed by atoms with Crippen LogP contribution in [0.25, 0.3) is 0 Å². The molecule has 0 amide bonds. The molecule has 0 atom stereocenters. The maximum absolute atomic E-state index is 5.40. The van der Waals surface area contributed by atoms with Crippen LogP contribution in [0.3, 0.4) is 0 Å². The van der Waals surface area contributed by atoms with Crippen LogP contribution >= 0.6 is 28.1 Å². The van der Waals surface area contributed by atoms with Crippen LogP contribution in [-0.4, -0.2) is 17.4 Å². The Bertz CT molecular complexity index is 701. The number of hydrogen-bond donors (Lipinski definition) is 2. The van der Waals surface area contributed by atoms with E-state index >= 15 is 0 Å². The minimum Gasteiger partial charge on any atom is -0.494 e. The Kier molecular flexibility index (Phi) is 6.55. The first kappa shape index (κ1) is 17.4. The summed E-state index contributed by atoms with van der Waals surface area (Å²) in [7, 11) is 0. The van der Waals surface area contributed by atoms with E-state index in [4.69, 9.17) is 17.0 Å². The molecule has 2 N–H and O–H groups in total. The zero-order chi connectivity index (χ0) is 16.7. The summed E-state index contributed by atoms with van der Waals surface area (Å²) in [5.74, 6) is 0.833. The van der Waals surface area contributed by atoms with Gasteiger partial charge in [0.15, 0.2) is 5.11 Å². The highest BCUT2D eigenvalue weighted by Gasteiger charge is 2.03. The number of nitrogens with one attached hydrogen (secondary N) is 2. The van der Waals surface area contributed by atoms with Crippen molar-refractivity contribution >= 4 is 44.7 Å². The molecule has 0 radical (unpaired) electrons. The van der Waals surface area contributed by atoms with Crippen molar-refractivity contribution in [1.82, 2.24) is 5.43 Å². The Morgan fingerprint density at radius 1 is 1.17 bits per heavy atom. The Morgan fingerprint density at radius 3 is 2.52 bits per heavy atom. The molecule has 0 aliphatic heterocycles. The molecule has 6 heteroatoms. The largest absolute Gasteiger partial charge is 0.494 e. The average molecular weight is 392 g/mol. The predicted octanol–water partition coefficient (Wildman–Crippen LogP) is 4.56. The van der Waals surface area contributed by atoms with Crippen LogP contribution in [0, 0.1) is 0 Å². The molecule has 2 aromatic carbocycles. The topological polar surface area (TPSA) is 45.6 Å². The lowest BCUT2D eigenvalue weighted by Gasteiger charge is -2.09. The summed E-state index contributed by atoms with van der Waals surface area (Å²) in [5, 5.41) is 7.82. The van der Waals surface area contributed by atoms with Gasteiger partial charge in [-0.1, -0.05) is 34.1 Å². The van der Waals surface area contributed by atoms with Crippen molar-refractivity contribution in [2.45, 2.75) is 13.8 Å². The first-order chi connectivity index (χ1) is 11.1. The molecule has 23 heavy (non-hydrogen) atoms. The molecule has 120 valence electrons. The van der Waals surface area contributed by atoms with Crippen molar-refractivity contribution in [3.05, 3.63) is 58.6 Å². The molecule has 0 fully saturated rings. The first-order valence-corrected chi connectivity index (χ1v) is 8.39. The van der Waals surface area contributed by atoms with Crippen LogP contribution in [0.2, 0.25) is 0 Å². The van der Waals surface area contributed by atoms with Crippen LogP contribution in [0.4, 0.5) is 5.69 Å². The quantitative estimate of drug-likeness (QED) is 0.445. The molecule has 4 nitrogen and oxygen atoms in total. The molecular formula is C17H18BrN3OS. The SMILES string of the molecule is CCOc1ccc(NC(=S)NN=C(C)c2ccccc2Br)cc1. The Hall–Kier alpha value is -1.92. The zero-order valence-electron chi connectivity index (χ0n) is 13.0. The number of thiocarbonyl (C=S) groups is 1. The highest BCUT2D eigenvalue weighted by molar-refractivity contribution is 9.10. The van der Waals surface area contributed by atoms with Crippen molar-refractivity contribution in [2.75, 3.05) is 11.9 Å². The minimum atomic E-state index is 0.431. The molecule has 0 aliphatic rings. The summed E-state index contributed by atoms with van der Waals surface area (Å²) in [6.45, 7) is 4.53. The summed E-state index contributed by atoms with van der Waals surface area (Å²) in [5.41, 5.74) is 5.59. The van der Waals surface area contributed by atoms with E-state index in [-0.39, 0.29) is 0 Å². The van der Waals surface area contributed by atoms with Crippen molar-refractivity contribution in [3.8, 4) is 5.75 Å². The minimum absolute atomic E-state index is 0.431. The number of benzene rings is 2. The molecule has 0 unspecified atom stereocenters. The lowest BCUT2D eigenvalue weighted by Crippen LogP contribution is -2.25. The number of ether oxygens (including phenoxy) is 1. The van der Waals surface area contributed by atoms with E-state index in [1.807, 2.05) is 62.4 Å². The van der Waals surface area contributed by atoms with Gasteiger partial charge in [-0.25, -0.2) is 0 Å². The van der Waals surface area contributed by atoms with E-state index in [1.165, 1.54) is 0 Å². The van der Waals surface area contributed by atoms with Gasteiger partial charge in [0.05, 0.1) is 12.3 Å². The lowest BCUT2D eigenvalue weighted by molar-refractivity contribution is 0.340. The monoisotopic (exact) mass is 391 g/mol. The van der Waals surface area contributed by atoms with Gasteiger partial charge in [0.25, 0.3) is 0 Å². The predicted molar refractivity (Wildman–Crippen MR) is 103 cm³/mol. The van der Waals surface area contributed by atoms with Crippen LogP contribution in [0.15, 0.2) is 58.1 Å². The summed E-state index contributed by atoms with van der Waals surface area (Å²) < 4.78 is 6.40. The van der Waals surface area contributed by atoms with Crippen molar-refractivity contribution in [1.29, 1.82) is 0 Å². The van der Waals surface area contributed by atoms with Gasteiger partial charge in [0.1, 0.15) is 5.75 Å². The molecular weight excluding hydrogens is 374 g/mol. The molecule has 0 saturated heterocycles. The number of nitrogens with zero attached hydrogens (tertiary/aromatic N) is 1. The fraction of sp³-hybridized carbons (Fsp3) is 0.176. The van der Waals surface area contributed by atoms with Gasteiger partial charge in [-0.3, -0.25) is 5.43 Å². The molecule has 0 spiro atoms. The highest BCUT2D eigenvalue weighted by atomic mass is 79.9. The standard InChI is InChI=1S/C17H18BrN3OS/c1-3-22-14-10-8-13(9-11-14)19-17(23)21-20-12(2)15-6-4-5-7-16(15)18/h4-11H,3H2,1-2H3,(H2,19,21,23).